The van der Waals surface area contributed by atoms with Crippen molar-refractivity contribution in [2.24, 2.45) is 0 Å². The molecule has 4 atom stereocenters. The SMILES string of the molecule is OC[C@H]1O[C@@H](c2nccc3[nH]cnc23)[C@@H](O)[C@@H]1O. The van der Waals surface area contributed by atoms with E-state index >= 15 is 0 Å². The van der Waals surface area contributed by atoms with Gasteiger partial charge in [-0.25, -0.2) is 4.98 Å². The number of fused-ring (bicyclic) bond motifs is 1. The van der Waals surface area contributed by atoms with Crippen molar-refractivity contribution in [1.82, 2.24) is 15.0 Å². The van der Waals surface area contributed by atoms with E-state index in [0.717, 1.165) is 5.52 Å². The minimum Gasteiger partial charge on any atom is -0.394 e. The van der Waals surface area contributed by atoms with Crippen LogP contribution in [0, 0.1) is 0 Å². The normalized spacial score (nSPS) is 32.2. The summed E-state index contributed by atoms with van der Waals surface area (Å²) >= 11 is 0. The van der Waals surface area contributed by atoms with E-state index in [4.69, 9.17) is 9.84 Å². The zero-order valence-corrected chi connectivity index (χ0v) is 9.39. The maximum absolute atomic E-state index is 9.95. The fraction of sp³-hybridized carbons (Fsp3) is 0.455. The second-order valence-electron chi connectivity index (χ2n) is 4.25. The van der Waals surface area contributed by atoms with E-state index in [9.17, 15) is 10.2 Å². The van der Waals surface area contributed by atoms with E-state index in [1.165, 1.54) is 6.33 Å². The summed E-state index contributed by atoms with van der Waals surface area (Å²) in [5.74, 6) is 0. The van der Waals surface area contributed by atoms with Crippen molar-refractivity contribution in [3.8, 4) is 0 Å². The molecule has 1 aliphatic rings. The van der Waals surface area contributed by atoms with Crippen molar-refractivity contribution in [3.05, 3.63) is 24.3 Å². The van der Waals surface area contributed by atoms with Gasteiger partial charge < -0.3 is 25.0 Å². The molecular weight excluding hydrogens is 238 g/mol. The van der Waals surface area contributed by atoms with Gasteiger partial charge in [0.05, 0.1) is 24.1 Å². The zero-order chi connectivity index (χ0) is 12.7. The minimum absolute atomic E-state index is 0.356. The number of nitrogens with zero attached hydrogens (tertiary/aromatic N) is 2. The Labute approximate surface area is 102 Å². The van der Waals surface area contributed by atoms with E-state index in [1.54, 1.807) is 12.3 Å². The lowest BCUT2D eigenvalue weighted by Gasteiger charge is -2.14. The number of pyridine rings is 1. The molecule has 1 aliphatic heterocycles. The Morgan fingerprint density at radius 2 is 2.11 bits per heavy atom. The summed E-state index contributed by atoms with van der Waals surface area (Å²) in [5, 5.41) is 28.7. The van der Waals surface area contributed by atoms with Gasteiger partial charge in [0.25, 0.3) is 0 Å². The molecule has 0 aromatic carbocycles. The molecule has 0 aliphatic carbocycles. The van der Waals surface area contributed by atoms with Crippen molar-refractivity contribution < 1.29 is 20.1 Å². The average molecular weight is 251 g/mol. The van der Waals surface area contributed by atoms with Crippen LogP contribution in [0.15, 0.2) is 18.6 Å². The number of ether oxygens (including phenoxy) is 1. The first kappa shape index (κ1) is 11.5. The predicted octanol–water partition coefficient (Wildman–Crippen LogP) is -0.888. The van der Waals surface area contributed by atoms with Crippen LogP contribution in [-0.4, -0.2) is 55.2 Å². The molecular formula is C11H13N3O4. The van der Waals surface area contributed by atoms with E-state index in [2.05, 4.69) is 15.0 Å². The van der Waals surface area contributed by atoms with E-state index in [-0.39, 0.29) is 6.61 Å². The number of aromatic amines is 1. The van der Waals surface area contributed by atoms with E-state index < -0.39 is 24.4 Å². The Bertz CT molecular complexity index is 558. The Hall–Kier alpha value is -1.54. The Morgan fingerprint density at radius 3 is 2.83 bits per heavy atom. The zero-order valence-electron chi connectivity index (χ0n) is 9.39. The monoisotopic (exact) mass is 251 g/mol. The fourth-order valence-corrected chi connectivity index (χ4v) is 2.22. The summed E-state index contributed by atoms with van der Waals surface area (Å²) in [6, 6.07) is 1.76. The lowest BCUT2D eigenvalue weighted by Crippen LogP contribution is -2.32. The van der Waals surface area contributed by atoms with Crippen LogP contribution in [0.4, 0.5) is 0 Å². The molecule has 0 spiro atoms. The highest BCUT2D eigenvalue weighted by Crippen LogP contribution is 2.34. The summed E-state index contributed by atoms with van der Waals surface area (Å²) < 4.78 is 5.43. The minimum atomic E-state index is -1.13. The van der Waals surface area contributed by atoms with Crippen LogP contribution in [-0.2, 0) is 4.74 Å². The quantitative estimate of drug-likeness (QED) is 0.551. The van der Waals surface area contributed by atoms with Crippen LogP contribution in [0.2, 0.25) is 0 Å². The first-order valence-corrected chi connectivity index (χ1v) is 5.63. The van der Waals surface area contributed by atoms with Crippen molar-refractivity contribution in [3.63, 3.8) is 0 Å². The molecule has 1 fully saturated rings. The molecule has 0 radical (unpaired) electrons. The molecule has 2 aromatic rings. The van der Waals surface area contributed by atoms with E-state index in [0.29, 0.717) is 11.2 Å². The molecule has 2 aromatic heterocycles. The second kappa shape index (κ2) is 4.29. The first-order chi connectivity index (χ1) is 8.72. The summed E-state index contributed by atoms with van der Waals surface area (Å²) in [6.07, 6.45) is -0.750. The van der Waals surface area contributed by atoms with Crippen LogP contribution < -0.4 is 0 Å². The van der Waals surface area contributed by atoms with Crippen molar-refractivity contribution in [2.45, 2.75) is 24.4 Å². The number of aromatic nitrogens is 3. The molecule has 18 heavy (non-hydrogen) atoms. The molecule has 7 nitrogen and oxygen atoms in total. The Morgan fingerprint density at radius 1 is 1.28 bits per heavy atom. The molecule has 0 bridgehead atoms. The highest BCUT2D eigenvalue weighted by Gasteiger charge is 2.44. The molecule has 0 unspecified atom stereocenters. The van der Waals surface area contributed by atoms with Gasteiger partial charge in [0.15, 0.2) is 0 Å². The molecule has 3 rings (SSSR count). The molecule has 3 heterocycles. The van der Waals surface area contributed by atoms with Crippen LogP contribution in [0.5, 0.6) is 0 Å². The third kappa shape index (κ3) is 1.60. The number of hydrogen-bond donors (Lipinski definition) is 4. The number of hydrogen-bond acceptors (Lipinski definition) is 6. The highest BCUT2D eigenvalue weighted by atomic mass is 16.6. The fourth-order valence-electron chi connectivity index (χ4n) is 2.22. The summed E-state index contributed by atoms with van der Waals surface area (Å²) in [5.41, 5.74) is 1.82. The van der Waals surface area contributed by atoms with Crippen LogP contribution in [0.3, 0.4) is 0 Å². The van der Waals surface area contributed by atoms with Crippen LogP contribution in [0.1, 0.15) is 11.8 Å². The number of nitrogens with one attached hydrogen (secondary N) is 1. The Kier molecular flexibility index (Phi) is 2.75. The number of rotatable bonds is 2. The van der Waals surface area contributed by atoms with Gasteiger partial charge in [0.1, 0.15) is 29.9 Å². The maximum Gasteiger partial charge on any atom is 0.131 e. The predicted molar refractivity (Wildman–Crippen MR) is 60.6 cm³/mol. The molecule has 1 saturated heterocycles. The number of H-pyrrole nitrogens is 1. The second-order valence-corrected chi connectivity index (χ2v) is 4.25. The number of aliphatic hydroxyl groups excluding tert-OH is 3. The van der Waals surface area contributed by atoms with Gasteiger partial charge in [-0.2, -0.15) is 0 Å². The smallest absolute Gasteiger partial charge is 0.131 e. The van der Waals surface area contributed by atoms with Gasteiger partial charge in [-0.3, -0.25) is 4.98 Å². The van der Waals surface area contributed by atoms with Gasteiger partial charge in [0.2, 0.25) is 0 Å². The topological polar surface area (TPSA) is 111 Å². The summed E-state index contributed by atoms with van der Waals surface area (Å²) in [6.45, 7) is -0.356. The van der Waals surface area contributed by atoms with Crippen LogP contribution in [0.25, 0.3) is 11.0 Å². The standard InChI is InChI=1S/C11H13N3O4/c15-3-6-9(16)10(17)11(18-6)8-7-5(1-2-12-8)13-4-14-7/h1-2,4,6,9-11,15-17H,3H2,(H,13,14)/t6-,9-,10+,11+/m1/s1. The number of imidazole rings is 1. The maximum atomic E-state index is 9.95. The van der Waals surface area contributed by atoms with Crippen molar-refractivity contribution >= 4 is 11.0 Å². The Balaban J connectivity index is 2.02. The average Bonchev–Trinajstić information content (AvgIpc) is 2.96. The molecule has 7 heteroatoms. The third-order valence-electron chi connectivity index (χ3n) is 3.18. The lowest BCUT2D eigenvalue weighted by atomic mass is 10.0. The largest absolute Gasteiger partial charge is 0.394 e. The van der Waals surface area contributed by atoms with Crippen LogP contribution >= 0.6 is 0 Å². The van der Waals surface area contributed by atoms with Gasteiger partial charge in [-0.05, 0) is 6.07 Å². The molecule has 0 amide bonds. The van der Waals surface area contributed by atoms with Crippen molar-refractivity contribution in [1.29, 1.82) is 0 Å². The highest BCUT2D eigenvalue weighted by molar-refractivity contribution is 5.76. The van der Waals surface area contributed by atoms with E-state index in [1.807, 2.05) is 0 Å². The van der Waals surface area contributed by atoms with Gasteiger partial charge in [-0.1, -0.05) is 0 Å². The number of aliphatic hydroxyl groups is 3. The lowest BCUT2D eigenvalue weighted by molar-refractivity contribution is -0.0235. The van der Waals surface area contributed by atoms with Crippen molar-refractivity contribution in [2.75, 3.05) is 6.61 Å². The molecule has 4 N–H and O–H groups in total. The molecule has 0 saturated carbocycles. The summed E-state index contributed by atoms with van der Waals surface area (Å²) in [4.78, 5) is 11.2. The van der Waals surface area contributed by atoms with Gasteiger partial charge in [-0.15, -0.1) is 0 Å². The first-order valence-electron chi connectivity index (χ1n) is 5.63. The van der Waals surface area contributed by atoms with Gasteiger partial charge in [0, 0.05) is 6.20 Å². The summed E-state index contributed by atoms with van der Waals surface area (Å²) in [7, 11) is 0. The molecule has 96 valence electrons. The van der Waals surface area contributed by atoms with Gasteiger partial charge >= 0.3 is 0 Å². The third-order valence-corrected chi connectivity index (χ3v) is 3.18.